The summed E-state index contributed by atoms with van der Waals surface area (Å²) in [6, 6.07) is 12.2. The zero-order valence-corrected chi connectivity index (χ0v) is 17.9. The quantitative estimate of drug-likeness (QED) is 0.605. The molecule has 0 bridgehead atoms. The van der Waals surface area contributed by atoms with Crippen LogP contribution in [0.1, 0.15) is 38.8 Å². The number of benzene rings is 2. The smallest absolute Gasteiger partial charge is 0.319 e. The van der Waals surface area contributed by atoms with Gasteiger partial charge in [-0.15, -0.1) is 0 Å². The van der Waals surface area contributed by atoms with Gasteiger partial charge in [0.05, 0.1) is 22.0 Å². The van der Waals surface area contributed by atoms with Crippen molar-refractivity contribution in [3.05, 3.63) is 63.6 Å². The zero-order chi connectivity index (χ0) is 20.9. The van der Waals surface area contributed by atoms with E-state index in [-0.39, 0.29) is 18.0 Å². The Hall–Kier alpha value is -2.24. The molecular formula is C21H25Cl2N3O2. The fraction of sp³-hybridized carbons (Fsp3) is 0.333. The topological polar surface area (TPSA) is 70.2 Å². The van der Waals surface area contributed by atoms with Crippen molar-refractivity contribution in [2.45, 2.75) is 45.7 Å². The van der Waals surface area contributed by atoms with Crippen molar-refractivity contribution >= 4 is 40.8 Å². The molecule has 0 saturated heterocycles. The Kier molecular flexibility index (Phi) is 7.33. The minimum atomic E-state index is -0.646. The Morgan fingerprint density at radius 2 is 1.64 bits per heavy atom. The fourth-order valence-electron chi connectivity index (χ4n) is 2.67. The highest BCUT2D eigenvalue weighted by Crippen LogP contribution is 2.28. The third kappa shape index (κ3) is 6.43. The summed E-state index contributed by atoms with van der Waals surface area (Å²) in [7, 11) is 0. The van der Waals surface area contributed by atoms with E-state index in [4.69, 9.17) is 23.2 Å². The van der Waals surface area contributed by atoms with Crippen LogP contribution in [-0.2, 0) is 16.8 Å². The summed E-state index contributed by atoms with van der Waals surface area (Å²) in [6.45, 7) is 7.59. The largest absolute Gasteiger partial charge is 0.354 e. The maximum absolute atomic E-state index is 12.4. The third-order valence-corrected chi connectivity index (χ3v) is 4.83. The number of urea groups is 1. The average molecular weight is 422 g/mol. The van der Waals surface area contributed by atoms with E-state index < -0.39 is 5.54 Å². The van der Waals surface area contributed by atoms with E-state index in [0.29, 0.717) is 22.2 Å². The summed E-state index contributed by atoms with van der Waals surface area (Å²) in [5, 5.41) is 9.47. The van der Waals surface area contributed by atoms with Crippen molar-refractivity contribution in [2.75, 3.05) is 5.32 Å². The van der Waals surface area contributed by atoms with Crippen LogP contribution in [0.4, 0.5) is 10.5 Å². The molecule has 0 aliphatic rings. The van der Waals surface area contributed by atoms with Crippen molar-refractivity contribution in [1.82, 2.24) is 10.6 Å². The molecule has 0 aromatic heterocycles. The van der Waals surface area contributed by atoms with E-state index in [9.17, 15) is 9.59 Å². The molecule has 2 rings (SSSR count). The second-order valence-electron chi connectivity index (χ2n) is 7.43. The fourth-order valence-corrected chi connectivity index (χ4v) is 2.97. The van der Waals surface area contributed by atoms with E-state index in [0.717, 1.165) is 11.1 Å². The summed E-state index contributed by atoms with van der Waals surface area (Å²) in [5.74, 6) is -0.0307. The average Bonchev–Trinajstić information content (AvgIpc) is 2.57. The molecule has 0 spiro atoms. The molecule has 150 valence electrons. The van der Waals surface area contributed by atoms with E-state index in [1.54, 1.807) is 24.3 Å². The number of amides is 3. The third-order valence-electron chi connectivity index (χ3n) is 4.09. The van der Waals surface area contributed by atoms with Crippen molar-refractivity contribution in [3.8, 4) is 0 Å². The van der Waals surface area contributed by atoms with Gasteiger partial charge in [-0.05, 0) is 63.1 Å². The minimum Gasteiger partial charge on any atom is -0.354 e. The van der Waals surface area contributed by atoms with Crippen molar-refractivity contribution in [3.63, 3.8) is 0 Å². The Morgan fingerprint density at radius 1 is 1.00 bits per heavy atom. The first-order valence-electron chi connectivity index (χ1n) is 9.00. The van der Waals surface area contributed by atoms with Gasteiger partial charge in [-0.2, -0.15) is 0 Å². The summed E-state index contributed by atoms with van der Waals surface area (Å²) < 4.78 is 0. The van der Waals surface area contributed by atoms with Gasteiger partial charge in [-0.3, -0.25) is 4.79 Å². The predicted octanol–water partition coefficient (Wildman–Crippen LogP) is 5.12. The first kappa shape index (κ1) is 22.1. The molecule has 0 unspecified atom stereocenters. The number of carbonyl (C=O) groups excluding carboxylic acids is 2. The van der Waals surface area contributed by atoms with Gasteiger partial charge in [0.25, 0.3) is 0 Å². The molecule has 0 aliphatic carbocycles. The van der Waals surface area contributed by atoms with Crippen molar-refractivity contribution in [1.29, 1.82) is 0 Å². The zero-order valence-electron chi connectivity index (χ0n) is 16.4. The molecule has 0 saturated carbocycles. The molecule has 0 atom stereocenters. The molecule has 3 N–H and O–H groups in total. The van der Waals surface area contributed by atoms with Crippen LogP contribution in [0.2, 0.25) is 10.0 Å². The summed E-state index contributed by atoms with van der Waals surface area (Å²) >= 11 is 12.0. The highest BCUT2D eigenvalue weighted by Gasteiger charge is 2.23. The van der Waals surface area contributed by atoms with Crippen LogP contribution in [0, 0.1) is 0 Å². The summed E-state index contributed by atoms with van der Waals surface area (Å²) in [5.41, 5.74) is 1.70. The lowest BCUT2D eigenvalue weighted by molar-refractivity contribution is -0.120. The van der Waals surface area contributed by atoms with Gasteiger partial charge in [0.2, 0.25) is 5.91 Å². The van der Waals surface area contributed by atoms with Gasteiger partial charge in [0.1, 0.15) is 0 Å². The number of rotatable bonds is 6. The number of hydrogen-bond acceptors (Lipinski definition) is 2. The number of anilines is 1. The van der Waals surface area contributed by atoms with Crippen LogP contribution in [0.3, 0.4) is 0 Å². The highest BCUT2D eigenvalue weighted by atomic mass is 35.5. The number of hydrogen-bond donors (Lipinski definition) is 3. The van der Waals surface area contributed by atoms with Crippen LogP contribution in [0.25, 0.3) is 0 Å². The summed E-state index contributed by atoms with van der Waals surface area (Å²) in [4.78, 5) is 24.2. The first-order valence-corrected chi connectivity index (χ1v) is 9.75. The molecule has 0 heterocycles. The second kappa shape index (κ2) is 9.30. The Balaban J connectivity index is 1.96. The maximum atomic E-state index is 12.4. The molecule has 0 aliphatic heterocycles. The Bertz CT molecular complexity index is 849. The molecule has 7 heteroatoms. The van der Waals surface area contributed by atoms with Crippen molar-refractivity contribution < 1.29 is 9.59 Å². The van der Waals surface area contributed by atoms with E-state index in [2.05, 4.69) is 16.0 Å². The molecule has 5 nitrogen and oxygen atoms in total. The van der Waals surface area contributed by atoms with Gasteiger partial charge >= 0.3 is 6.03 Å². The van der Waals surface area contributed by atoms with Gasteiger partial charge in [0, 0.05) is 11.7 Å². The highest BCUT2D eigenvalue weighted by molar-refractivity contribution is 6.42. The van der Waals surface area contributed by atoms with Crippen LogP contribution < -0.4 is 16.0 Å². The van der Waals surface area contributed by atoms with Gasteiger partial charge in [0.15, 0.2) is 0 Å². The lowest BCUT2D eigenvalue weighted by Gasteiger charge is -2.27. The number of carbonyl (C=O) groups is 2. The van der Waals surface area contributed by atoms with E-state index >= 15 is 0 Å². The van der Waals surface area contributed by atoms with Crippen molar-refractivity contribution in [2.24, 2.45) is 0 Å². The lowest BCUT2D eigenvalue weighted by atomic mass is 9.94. The van der Waals surface area contributed by atoms with Gasteiger partial charge < -0.3 is 16.0 Å². The van der Waals surface area contributed by atoms with Crippen LogP contribution in [0.5, 0.6) is 0 Å². The Labute approximate surface area is 175 Å². The van der Waals surface area contributed by atoms with Crippen LogP contribution >= 0.6 is 23.2 Å². The van der Waals surface area contributed by atoms with Crippen LogP contribution in [0.15, 0.2) is 42.5 Å². The van der Waals surface area contributed by atoms with Gasteiger partial charge in [-0.25, -0.2) is 4.79 Å². The molecule has 3 amide bonds. The molecule has 28 heavy (non-hydrogen) atoms. The maximum Gasteiger partial charge on any atom is 0.319 e. The second-order valence-corrected chi connectivity index (χ2v) is 8.24. The van der Waals surface area contributed by atoms with Gasteiger partial charge in [-0.1, -0.05) is 41.4 Å². The standard InChI is InChI=1S/C21H25Cl2N3O2/c1-13(2)24-19(27)11-14-5-8-16(9-6-14)25-20(28)26-21(3,4)15-7-10-17(22)18(23)12-15/h5-10,12-13H,11H2,1-4H3,(H,24,27)(H2,25,26,28). The Morgan fingerprint density at radius 3 is 2.21 bits per heavy atom. The number of halogens is 2. The minimum absolute atomic E-state index is 0.0307. The summed E-state index contributed by atoms with van der Waals surface area (Å²) in [6.07, 6.45) is 0.301. The molecule has 2 aromatic carbocycles. The lowest BCUT2D eigenvalue weighted by Crippen LogP contribution is -2.43. The monoisotopic (exact) mass is 421 g/mol. The normalized spacial score (nSPS) is 11.2. The molecule has 2 aromatic rings. The van der Waals surface area contributed by atoms with E-state index in [1.165, 1.54) is 0 Å². The molecule has 0 fully saturated rings. The number of nitrogens with one attached hydrogen (secondary N) is 3. The SMILES string of the molecule is CC(C)NC(=O)Cc1ccc(NC(=O)NC(C)(C)c2ccc(Cl)c(Cl)c2)cc1. The predicted molar refractivity (Wildman–Crippen MR) is 115 cm³/mol. The van der Waals surface area contributed by atoms with Crippen LogP contribution in [-0.4, -0.2) is 18.0 Å². The molecule has 0 radical (unpaired) electrons. The molecular weight excluding hydrogens is 397 g/mol. The first-order chi connectivity index (χ1) is 13.1. The van der Waals surface area contributed by atoms with E-state index in [1.807, 2.05) is 45.9 Å².